The largest absolute Gasteiger partial charge is 0.384 e. The fraction of sp³-hybridized carbons (Fsp3) is 0.579. The van der Waals surface area contributed by atoms with Crippen molar-refractivity contribution >= 4 is 0 Å². The highest BCUT2D eigenvalue weighted by Gasteiger charge is 2.23. The van der Waals surface area contributed by atoms with Crippen LogP contribution in [-0.4, -0.2) is 29.7 Å². The van der Waals surface area contributed by atoms with Crippen molar-refractivity contribution in [2.24, 2.45) is 5.92 Å². The number of nitrogens with zero attached hydrogens (tertiary/aromatic N) is 1. The molecule has 0 bridgehead atoms. The number of aliphatic hydroxyl groups is 1. The van der Waals surface area contributed by atoms with E-state index in [2.05, 4.69) is 42.8 Å². The maximum atomic E-state index is 8.87. The van der Waals surface area contributed by atoms with Crippen LogP contribution in [0.5, 0.6) is 0 Å². The zero-order valence-corrected chi connectivity index (χ0v) is 13.3. The summed E-state index contributed by atoms with van der Waals surface area (Å²) in [5.74, 6) is 6.76. The highest BCUT2D eigenvalue weighted by Crippen LogP contribution is 2.29. The van der Waals surface area contributed by atoms with E-state index in [1.165, 1.54) is 37.7 Å². The Labute approximate surface area is 129 Å². The fourth-order valence-electron chi connectivity index (χ4n) is 3.31. The van der Waals surface area contributed by atoms with Gasteiger partial charge in [-0.3, -0.25) is 4.90 Å². The minimum atomic E-state index is -0.0782. The van der Waals surface area contributed by atoms with Gasteiger partial charge < -0.3 is 5.11 Å². The third kappa shape index (κ3) is 4.59. The van der Waals surface area contributed by atoms with E-state index in [0.29, 0.717) is 6.04 Å². The number of benzene rings is 1. The van der Waals surface area contributed by atoms with Gasteiger partial charge in [-0.15, -0.1) is 0 Å². The lowest BCUT2D eigenvalue weighted by Crippen LogP contribution is -2.34. The van der Waals surface area contributed by atoms with Crippen LogP contribution >= 0.6 is 0 Å². The van der Waals surface area contributed by atoms with E-state index in [4.69, 9.17) is 5.11 Å². The molecule has 0 atom stereocenters. The Balaban J connectivity index is 1.98. The molecule has 0 radical (unpaired) electrons. The van der Waals surface area contributed by atoms with Gasteiger partial charge in [0.25, 0.3) is 0 Å². The number of aliphatic hydroxyl groups excluding tert-OH is 1. The van der Waals surface area contributed by atoms with E-state index in [9.17, 15) is 0 Å². The van der Waals surface area contributed by atoms with Gasteiger partial charge in [0.15, 0.2) is 0 Å². The average Bonchev–Trinajstić information content (AvgIpc) is 2.54. The molecule has 2 heteroatoms. The quantitative estimate of drug-likeness (QED) is 0.857. The molecule has 1 aliphatic carbocycles. The summed E-state index contributed by atoms with van der Waals surface area (Å²) in [7, 11) is 2.23. The normalized spacial score (nSPS) is 21.9. The van der Waals surface area contributed by atoms with E-state index < -0.39 is 0 Å². The third-order valence-electron chi connectivity index (χ3n) is 4.76. The highest BCUT2D eigenvalue weighted by molar-refractivity contribution is 5.41. The molecule has 1 N–H and O–H groups in total. The van der Waals surface area contributed by atoms with Crippen molar-refractivity contribution in [3.05, 3.63) is 35.4 Å². The second kappa shape index (κ2) is 8.22. The molecule has 0 aliphatic heterocycles. The van der Waals surface area contributed by atoms with Crippen LogP contribution in [0.2, 0.25) is 0 Å². The van der Waals surface area contributed by atoms with Crippen LogP contribution < -0.4 is 0 Å². The first kappa shape index (κ1) is 16.1. The van der Waals surface area contributed by atoms with E-state index >= 15 is 0 Å². The predicted molar refractivity (Wildman–Crippen MR) is 87.9 cm³/mol. The smallest absolute Gasteiger partial charge is 0.104 e. The summed E-state index contributed by atoms with van der Waals surface area (Å²) in [6, 6.07) is 8.97. The van der Waals surface area contributed by atoms with Crippen molar-refractivity contribution in [2.75, 3.05) is 13.7 Å². The molecule has 114 valence electrons. The Morgan fingerprint density at radius 2 is 1.90 bits per heavy atom. The Bertz CT molecular complexity index is 492. The second-order valence-electron chi connectivity index (χ2n) is 6.11. The van der Waals surface area contributed by atoms with Crippen molar-refractivity contribution in [2.45, 2.75) is 51.6 Å². The lowest BCUT2D eigenvalue weighted by molar-refractivity contribution is 0.157. The molecule has 0 amide bonds. The van der Waals surface area contributed by atoms with Gasteiger partial charge in [0.1, 0.15) is 6.61 Å². The molecule has 21 heavy (non-hydrogen) atoms. The molecule has 1 fully saturated rings. The SMILES string of the molecule is CCC1CCC(N(C)Cc2ccccc2C#CCO)CC1. The van der Waals surface area contributed by atoms with Gasteiger partial charge in [-0.05, 0) is 50.3 Å². The van der Waals surface area contributed by atoms with E-state index in [0.717, 1.165) is 18.0 Å². The fourth-order valence-corrected chi connectivity index (χ4v) is 3.31. The topological polar surface area (TPSA) is 23.5 Å². The number of hydrogen-bond acceptors (Lipinski definition) is 2. The molecule has 0 saturated heterocycles. The van der Waals surface area contributed by atoms with Crippen molar-refractivity contribution < 1.29 is 5.11 Å². The van der Waals surface area contributed by atoms with Crippen molar-refractivity contribution in [1.29, 1.82) is 0 Å². The monoisotopic (exact) mass is 285 g/mol. The Morgan fingerprint density at radius 1 is 1.19 bits per heavy atom. The summed E-state index contributed by atoms with van der Waals surface area (Å²) < 4.78 is 0. The Hall–Kier alpha value is -1.30. The average molecular weight is 285 g/mol. The summed E-state index contributed by atoms with van der Waals surface area (Å²) in [6.07, 6.45) is 6.71. The van der Waals surface area contributed by atoms with Gasteiger partial charge in [-0.1, -0.05) is 43.4 Å². The summed E-state index contributed by atoms with van der Waals surface area (Å²) >= 11 is 0. The van der Waals surface area contributed by atoms with Crippen LogP contribution in [0, 0.1) is 17.8 Å². The minimum absolute atomic E-state index is 0.0782. The molecule has 0 unspecified atom stereocenters. The summed E-state index contributed by atoms with van der Waals surface area (Å²) in [5, 5.41) is 8.87. The van der Waals surface area contributed by atoms with Crippen LogP contribution in [0.15, 0.2) is 24.3 Å². The van der Waals surface area contributed by atoms with Gasteiger partial charge in [0.05, 0.1) is 0 Å². The summed E-state index contributed by atoms with van der Waals surface area (Å²) in [5.41, 5.74) is 2.30. The molecular weight excluding hydrogens is 258 g/mol. The zero-order valence-electron chi connectivity index (χ0n) is 13.3. The van der Waals surface area contributed by atoms with Crippen LogP contribution in [0.25, 0.3) is 0 Å². The van der Waals surface area contributed by atoms with Crippen LogP contribution in [-0.2, 0) is 6.54 Å². The number of hydrogen-bond donors (Lipinski definition) is 1. The molecule has 0 spiro atoms. The Morgan fingerprint density at radius 3 is 2.57 bits per heavy atom. The van der Waals surface area contributed by atoms with Crippen LogP contribution in [0.1, 0.15) is 50.2 Å². The highest BCUT2D eigenvalue weighted by atomic mass is 16.2. The van der Waals surface area contributed by atoms with E-state index in [-0.39, 0.29) is 6.61 Å². The molecule has 1 aliphatic rings. The van der Waals surface area contributed by atoms with Gasteiger partial charge >= 0.3 is 0 Å². The van der Waals surface area contributed by atoms with Gasteiger partial charge in [-0.25, -0.2) is 0 Å². The lowest BCUT2D eigenvalue weighted by atomic mass is 9.84. The van der Waals surface area contributed by atoms with Crippen molar-refractivity contribution in [3.8, 4) is 11.8 Å². The summed E-state index contributed by atoms with van der Waals surface area (Å²) in [6.45, 7) is 3.17. The van der Waals surface area contributed by atoms with Crippen LogP contribution in [0.4, 0.5) is 0 Å². The molecule has 2 nitrogen and oxygen atoms in total. The van der Waals surface area contributed by atoms with Gasteiger partial charge in [-0.2, -0.15) is 0 Å². The first-order chi connectivity index (χ1) is 10.2. The molecule has 2 rings (SSSR count). The van der Waals surface area contributed by atoms with E-state index in [1.54, 1.807) is 0 Å². The van der Waals surface area contributed by atoms with E-state index in [1.807, 2.05) is 12.1 Å². The maximum Gasteiger partial charge on any atom is 0.104 e. The predicted octanol–water partition coefficient (Wildman–Crippen LogP) is 3.43. The van der Waals surface area contributed by atoms with Crippen LogP contribution in [0.3, 0.4) is 0 Å². The molecular formula is C19H27NO. The Kier molecular flexibility index (Phi) is 6.29. The molecule has 1 aromatic carbocycles. The first-order valence-electron chi connectivity index (χ1n) is 8.12. The first-order valence-corrected chi connectivity index (χ1v) is 8.12. The summed E-state index contributed by atoms with van der Waals surface area (Å²) in [4.78, 5) is 2.48. The standard InChI is InChI=1S/C19H27NO/c1-3-16-10-12-19(13-11-16)20(2)15-18-8-5-4-7-17(18)9-6-14-21/h4-5,7-8,16,19,21H,3,10-15H2,1-2H3. The second-order valence-corrected chi connectivity index (χ2v) is 6.11. The third-order valence-corrected chi connectivity index (χ3v) is 4.76. The molecule has 0 heterocycles. The number of rotatable bonds is 4. The minimum Gasteiger partial charge on any atom is -0.384 e. The molecule has 0 aromatic heterocycles. The lowest BCUT2D eigenvalue weighted by Gasteiger charge is -2.34. The molecule has 1 saturated carbocycles. The zero-order chi connectivity index (χ0) is 15.1. The maximum absolute atomic E-state index is 8.87. The van der Waals surface area contributed by atoms with Gasteiger partial charge in [0, 0.05) is 18.2 Å². The van der Waals surface area contributed by atoms with Gasteiger partial charge in [0.2, 0.25) is 0 Å². The molecule has 1 aromatic rings. The van der Waals surface area contributed by atoms with Crippen molar-refractivity contribution in [1.82, 2.24) is 4.90 Å². The van der Waals surface area contributed by atoms with Crippen molar-refractivity contribution in [3.63, 3.8) is 0 Å².